The zero-order valence-electron chi connectivity index (χ0n) is 13.9. The number of esters is 1. The molecule has 0 aliphatic carbocycles. The Morgan fingerprint density at radius 3 is 2.48 bits per heavy atom. The second kappa shape index (κ2) is 9.45. The minimum Gasteiger partial charge on any atom is -0.497 e. The number of nitrogens with one attached hydrogen (secondary N) is 2. The average molecular weight is 321 g/mol. The normalized spacial score (nSPS) is 12.3. The van der Waals surface area contributed by atoms with Crippen LogP contribution in [0.3, 0.4) is 0 Å². The number of nitrogens with zero attached hydrogens (tertiary/aromatic N) is 1. The van der Waals surface area contributed by atoms with E-state index in [2.05, 4.69) is 15.8 Å². The van der Waals surface area contributed by atoms with E-state index >= 15 is 0 Å². The summed E-state index contributed by atoms with van der Waals surface area (Å²) in [6, 6.07) is 7.21. The van der Waals surface area contributed by atoms with Gasteiger partial charge in [-0.15, -0.1) is 0 Å². The Morgan fingerprint density at radius 2 is 1.91 bits per heavy atom. The van der Waals surface area contributed by atoms with E-state index in [4.69, 9.17) is 9.47 Å². The van der Waals surface area contributed by atoms with E-state index in [0.29, 0.717) is 12.3 Å². The number of carbonyl (C=O) groups excluding carboxylic acids is 2. The molecule has 0 bridgehead atoms. The predicted octanol–water partition coefficient (Wildman–Crippen LogP) is 1.80. The first-order valence-corrected chi connectivity index (χ1v) is 7.35. The lowest BCUT2D eigenvalue weighted by atomic mass is 10.1. The van der Waals surface area contributed by atoms with Crippen LogP contribution >= 0.6 is 0 Å². The molecule has 0 aliphatic rings. The van der Waals surface area contributed by atoms with E-state index in [0.717, 1.165) is 11.4 Å². The molecule has 0 saturated heterocycles. The van der Waals surface area contributed by atoms with Crippen LogP contribution in [0.4, 0.5) is 5.69 Å². The zero-order chi connectivity index (χ0) is 17.2. The fourth-order valence-electron chi connectivity index (χ4n) is 1.62. The maximum absolute atomic E-state index is 11.7. The van der Waals surface area contributed by atoms with Gasteiger partial charge in [0.25, 0.3) is 5.91 Å². The smallest absolute Gasteiger partial charge is 0.314 e. The number of benzene rings is 1. The third kappa shape index (κ3) is 6.37. The van der Waals surface area contributed by atoms with Crippen LogP contribution in [0.25, 0.3) is 0 Å². The number of amides is 1. The minimum atomic E-state index is -0.496. The van der Waals surface area contributed by atoms with Crippen molar-refractivity contribution in [1.82, 2.24) is 5.43 Å². The van der Waals surface area contributed by atoms with Crippen molar-refractivity contribution in [1.29, 1.82) is 0 Å². The maximum atomic E-state index is 11.7. The Balaban J connectivity index is 2.43. The van der Waals surface area contributed by atoms with Crippen molar-refractivity contribution in [3.8, 4) is 5.75 Å². The molecule has 0 aliphatic heterocycles. The SMILES string of the molecule is CCOC(=O)[C@@H](C)/C(C)=N/NC(=O)CNc1ccc(OC)cc1. The lowest BCUT2D eigenvalue weighted by Gasteiger charge is -2.10. The van der Waals surface area contributed by atoms with Crippen LogP contribution in [0.5, 0.6) is 5.75 Å². The fraction of sp³-hybridized carbons (Fsp3) is 0.438. The topological polar surface area (TPSA) is 89.0 Å². The van der Waals surface area contributed by atoms with Crippen molar-refractivity contribution in [3.05, 3.63) is 24.3 Å². The summed E-state index contributed by atoms with van der Waals surface area (Å²) in [6.45, 7) is 5.46. The van der Waals surface area contributed by atoms with Crippen molar-refractivity contribution < 1.29 is 19.1 Å². The molecule has 0 aromatic heterocycles. The molecule has 0 radical (unpaired) electrons. The van der Waals surface area contributed by atoms with E-state index in [1.165, 1.54) is 0 Å². The summed E-state index contributed by atoms with van der Waals surface area (Å²) in [6.07, 6.45) is 0. The summed E-state index contributed by atoms with van der Waals surface area (Å²) < 4.78 is 9.96. The van der Waals surface area contributed by atoms with Gasteiger partial charge in [-0.05, 0) is 45.0 Å². The second-order valence-electron chi connectivity index (χ2n) is 4.84. The van der Waals surface area contributed by atoms with Crippen molar-refractivity contribution >= 4 is 23.3 Å². The van der Waals surface area contributed by atoms with Gasteiger partial charge in [-0.2, -0.15) is 5.10 Å². The molecule has 0 spiro atoms. The molecule has 7 heteroatoms. The van der Waals surface area contributed by atoms with Gasteiger partial charge in [0.1, 0.15) is 5.75 Å². The zero-order valence-corrected chi connectivity index (χ0v) is 13.9. The lowest BCUT2D eigenvalue weighted by Crippen LogP contribution is -2.29. The van der Waals surface area contributed by atoms with Gasteiger partial charge >= 0.3 is 5.97 Å². The minimum absolute atomic E-state index is 0.0664. The number of methoxy groups -OCH3 is 1. The highest BCUT2D eigenvalue weighted by molar-refractivity contribution is 6.00. The second-order valence-corrected chi connectivity index (χ2v) is 4.84. The third-order valence-electron chi connectivity index (χ3n) is 3.17. The first-order valence-electron chi connectivity index (χ1n) is 7.35. The van der Waals surface area contributed by atoms with Crippen LogP contribution in [0, 0.1) is 5.92 Å². The Kier molecular flexibility index (Phi) is 7.59. The molecular formula is C16H23N3O4. The number of rotatable bonds is 8. The summed E-state index contributed by atoms with van der Waals surface area (Å²) >= 11 is 0. The molecule has 1 atom stereocenters. The Morgan fingerprint density at radius 1 is 1.26 bits per heavy atom. The first-order chi connectivity index (χ1) is 11.0. The molecule has 1 aromatic rings. The molecule has 1 aromatic carbocycles. The summed E-state index contributed by atoms with van der Waals surface area (Å²) in [5.41, 5.74) is 3.69. The molecular weight excluding hydrogens is 298 g/mol. The molecule has 0 unspecified atom stereocenters. The van der Waals surface area contributed by atoms with Crippen LogP contribution in [-0.4, -0.2) is 37.8 Å². The van der Waals surface area contributed by atoms with Crippen LogP contribution < -0.4 is 15.5 Å². The Labute approximate surface area is 136 Å². The predicted molar refractivity (Wildman–Crippen MR) is 88.5 cm³/mol. The summed E-state index contributed by atoms with van der Waals surface area (Å²) in [5.74, 6) is -0.423. The largest absolute Gasteiger partial charge is 0.497 e. The van der Waals surface area contributed by atoms with Gasteiger partial charge in [0.2, 0.25) is 0 Å². The van der Waals surface area contributed by atoms with Crippen LogP contribution in [0.15, 0.2) is 29.4 Å². The van der Waals surface area contributed by atoms with E-state index in [1.54, 1.807) is 40.0 Å². The standard InChI is InChI=1S/C16H23N3O4/c1-5-23-16(21)11(2)12(3)18-19-15(20)10-17-13-6-8-14(22-4)9-7-13/h6-9,11,17H,5,10H2,1-4H3,(H,19,20)/b18-12+/t11-/m0/s1. The van der Waals surface area contributed by atoms with Gasteiger partial charge in [0.05, 0.1) is 26.2 Å². The third-order valence-corrected chi connectivity index (χ3v) is 3.17. The Bertz CT molecular complexity index is 555. The quantitative estimate of drug-likeness (QED) is 0.433. The first kappa shape index (κ1) is 18.5. The molecule has 0 fully saturated rings. The number of hydrogen-bond donors (Lipinski definition) is 2. The number of carbonyl (C=O) groups is 2. The van der Waals surface area contributed by atoms with Gasteiger partial charge in [-0.1, -0.05) is 0 Å². The molecule has 7 nitrogen and oxygen atoms in total. The van der Waals surface area contributed by atoms with Gasteiger partial charge < -0.3 is 14.8 Å². The van der Waals surface area contributed by atoms with Crippen molar-refractivity contribution in [3.63, 3.8) is 0 Å². The molecule has 1 rings (SSSR count). The maximum Gasteiger partial charge on any atom is 0.314 e. The van der Waals surface area contributed by atoms with E-state index < -0.39 is 5.92 Å². The fourth-order valence-corrected chi connectivity index (χ4v) is 1.62. The molecule has 0 saturated carbocycles. The number of hydrazone groups is 1. The summed E-state index contributed by atoms with van der Waals surface area (Å²) in [7, 11) is 1.59. The van der Waals surface area contributed by atoms with Crippen LogP contribution in [-0.2, 0) is 14.3 Å². The molecule has 126 valence electrons. The highest BCUT2D eigenvalue weighted by atomic mass is 16.5. The number of hydrogen-bond acceptors (Lipinski definition) is 6. The molecule has 23 heavy (non-hydrogen) atoms. The van der Waals surface area contributed by atoms with Gasteiger partial charge in [-0.3, -0.25) is 9.59 Å². The number of anilines is 1. The molecule has 1 amide bonds. The highest BCUT2D eigenvalue weighted by Crippen LogP contribution is 2.14. The van der Waals surface area contributed by atoms with E-state index in [-0.39, 0.29) is 18.4 Å². The van der Waals surface area contributed by atoms with E-state index in [9.17, 15) is 9.59 Å². The lowest BCUT2D eigenvalue weighted by molar-refractivity contribution is -0.145. The van der Waals surface area contributed by atoms with Crippen LogP contribution in [0.1, 0.15) is 20.8 Å². The highest BCUT2D eigenvalue weighted by Gasteiger charge is 2.17. The summed E-state index contributed by atoms with van der Waals surface area (Å²) in [5, 5.41) is 6.89. The van der Waals surface area contributed by atoms with Gasteiger partial charge in [0.15, 0.2) is 0 Å². The van der Waals surface area contributed by atoms with Crippen molar-refractivity contribution in [2.75, 3.05) is 25.6 Å². The van der Waals surface area contributed by atoms with E-state index in [1.807, 2.05) is 12.1 Å². The monoisotopic (exact) mass is 321 g/mol. The van der Waals surface area contributed by atoms with Crippen LogP contribution in [0.2, 0.25) is 0 Å². The molecule has 0 heterocycles. The van der Waals surface area contributed by atoms with Gasteiger partial charge in [0, 0.05) is 11.4 Å². The summed E-state index contributed by atoms with van der Waals surface area (Å²) in [4.78, 5) is 23.3. The van der Waals surface area contributed by atoms with Gasteiger partial charge in [-0.25, -0.2) is 5.43 Å². The number of ether oxygens (including phenoxy) is 2. The molecule has 2 N–H and O–H groups in total. The van der Waals surface area contributed by atoms with Crippen molar-refractivity contribution in [2.45, 2.75) is 20.8 Å². The Hall–Kier alpha value is -2.57. The average Bonchev–Trinajstić information content (AvgIpc) is 2.57. The van der Waals surface area contributed by atoms with Crippen molar-refractivity contribution in [2.24, 2.45) is 11.0 Å².